The Labute approximate surface area is 164 Å². The molecular weight excluding hydrogens is 367 g/mol. The van der Waals surface area contributed by atoms with E-state index in [9.17, 15) is 4.79 Å². The van der Waals surface area contributed by atoms with Gasteiger partial charge in [-0.15, -0.1) is 0 Å². The van der Waals surface area contributed by atoms with Crippen molar-refractivity contribution < 1.29 is 4.79 Å². The Balaban J connectivity index is 1.54. The molecule has 2 aliphatic rings. The third-order valence-electron chi connectivity index (χ3n) is 5.69. The SMILES string of the molecule is CC(=O)N1C[C@H]2CN(Cc3ccc(Cl)cc3Cl)C[C@H]2[C@@H]1c1ccccc1. The Morgan fingerprint density at radius 1 is 1.08 bits per heavy atom. The third kappa shape index (κ3) is 3.36. The maximum Gasteiger partial charge on any atom is 0.219 e. The summed E-state index contributed by atoms with van der Waals surface area (Å²) in [6.07, 6.45) is 0. The van der Waals surface area contributed by atoms with Crippen LogP contribution in [0.15, 0.2) is 48.5 Å². The van der Waals surface area contributed by atoms with E-state index >= 15 is 0 Å². The van der Waals surface area contributed by atoms with Gasteiger partial charge in [-0.25, -0.2) is 0 Å². The van der Waals surface area contributed by atoms with Crippen LogP contribution in [0.2, 0.25) is 10.0 Å². The molecule has 2 aromatic rings. The molecule has 3 nitrogen and oxygen atoms in total. The molecule has 2 heterocycles. The van der Waals surface area contributed by atoms with Gasteiger partial charge in [0.05, 0.1) is 6.04 Å². The largest absolute Gasteiger partial charge is 0.335 e. The molecule has 5 heteroatoms. The predicted octanol–water partition coefficient (Wildman–Crippen LogP) is 4.64. The lowest BCUT2D eigenvalue weighted by atomic mass is 9.89. The average molecular weight is 389 g/mol. The summed E-state index contributed by atoms with van der Waals surface area (Å²) < 4.78 is 0. The number of benzene rings is 2. The quantitative estimate of drug-likeness (QED) is 0.763. The van der Waals surface area contributed by atoms with Crippen LogP contribution in [0, 0.1) is 11.8 Å². The van der Waals surface area contributed by atoms with E-state index in [0.717, 1.165) is 36.8 Å². The van der Waals surface area contributed by atoms with Crippen molar-refractivity contribution in [1.29, 1.82) is 0 Å². The third-order valence-corrected chi connectivity index (χ3v) is 6.28. The lowest BCUT2D eigenvalue weighted by molar-refractivity contribution is -0.130. The smallest absolute Gasteiger partial charge is 0.219 e. The zero-order chi connectivity index (χ0) is 18.3. The van der Waals surface area contributed by atoms with Crippen LogP contribution >= 0.6 is 23.2 Å². The number of rotatable bonds is 3. The number of nitrogens with zero attached hydrogens (tertiary/aromatic N) is 2. The van der Waals surface area contributed by atoms with Crippen LogP contribution in [0.3, 0.4) is 0 Å². The van der Waals surface area contributed by atoms with Crippen molar-refractivity contribution in [2.45, 2.75) is 19.5 Å². The summed E-state index contributed by atoms with van der Waals surface area (Å²) in [5, 5.41) is 1.39. The van der Waals surface area contributed by atoms with E-state index in [1.165, 1.54) is 5.56 Å². The van der Waals surface area contributed by atoms with Crippen LogP contribution in [0.5, 0.6) is 0 Å². The topological polar surface area (TPSA) is 23.6 Å². The summed E-state index contributed by atoms with van der Waals surface area (Å²) in [4.78, 5) is 16.7. The Bertz CT molecular complexity index is 811. The van der Waals surface area contributed by atoms with E-state index in [1.807, 2.05) is 18.2 Å². The molecule has 1 amide bonds. The number of fused-ring (bicyclic) bond motifs is 1. The number of amides is 1. The van der Waals surface area contributed by atoms with Gasteiger partial charge >= 0.3 is 0 Å². The number of carbonyl (C=O) groups excluding carboxylic acids is 1. The first kappa shape index (κ1) is 17.8. The van der Waals surface area contributed by atoms with E-state index in [4.69, 9.17) is 23.2 Å². The van der Waals surface area contributed by atoms with Gasteiger partial charge in [0.25, 0.3) is 0 Å². The van der Waals surface area contributed by atoms with Crippen LogP contribution in [0.1, 0.15) is 24.1 Å². The summed E-state index contributed by atoms with van der Waals surface area (Å²) in [5.74, 6) is 1.14. The zero-order valence-corrected chi connectivity index (χ0v) is 16.2. The molecule has 0 saturated carbocycles. The van der Waals surface area contributed by atoms with E-state index in [0.29, 0.717) is 16.9 Å². The maximum absolute atomic E-state index is 12.2. The van der Waals surface area contributed by atoms with E-state index in [2.05, 4.69) is 34.1 Å². The first-order valence-corrected chi connectivity index (χ1v) is 9.77. The van der Waals surface area contributed by atoms with Crippen molar-refractivity contribution in [3.8, 4) is 0 Å². The molecule has 0 radical (unpaired) electrons. The first-order chi connectivity index (χ1) is 12.5. The highest BCUT2D eigenvalue weighted by molar-refractivity contribution is 6.35. The number of carbonyl (C=O) groups is 1. The number of halogens is 2. The van der Waals surface area contributed by atoms with Crippen molar-refractivity contribution in [3.05, 3.63) is 69.7 Å². The van der Waals surface area contributed by atoms with Crippen LogP contribution in [0.4, 0.5) is 0 Å². The highest BCUT2D eigenvalue weighted by Gasteiger charge is 2.48. The molecule has 4 rings (SSSR count). The molecule has 136 valence electrons. The van der Waals surface area contributed by atoms with Gasteiger partial charge in [-0.2, -0.15) is 0 Å². The molecule has 0 bridgehead atoms. The molecule has 0 aromatic heterocycles. The van der Waals surface area contributed by atoms with Crippen molar-refractivity contribution in [2.24, 2.45) is 11.8 Å². The monoisotopic (exact) mass is 388 g/mol. The fourth-order valence-corrected chi connectivity index (χ4v) is 5.03. The van der Waals surface area contributed by atoms with Gasteiger partial charge in [0.1, 0.15) is 0 Å². The minimum Gasteiger partial charge on any atom is -0.335 e. The van der Waals surface area contributed by atoms with Gasteiger partial charge in [0, 0.05) is 49.1 Å². The van der Waals surface area contributed by atoms with Crippen LogP contribution in [-0.2, 0) is 11.3 Å². The van der Waals surface area contributed by atoms with Crippen LogP contribution in [-0.4, -0.2) is 35.3 Å². The second-order valence-corrected chi connectivity index (χ2v) is 8.22. The van der Waals surface area contributed by atoms with E-state index in [-0.39, 0.29) is 11.9 Å². The molecule has 0 spiro atoms. The lowest BCUT2D eigenvalue weighted by Gasteiger charge is -2.29. The first-order valence-electron chi connectivity index (χ1n) is 9.01. The summed E-state index contributed by atoms with van der Waals surface area (Å²) in [7, 11) is 0. The van der Waals surface area contributed by atoms with Gasteiger partial charge < -0.3 is 4.90 Å². The predicted molar refractivity (Wildman–Crippen MR) is 105 cm³/mol. The summed E-state index contributed by atoms with van der Waals surface area (Å²) in [5.41, 5.74) is 2.34. The lowest BCUT2D eigenvalue weighted by Crippen LogP contribution is -2.34. The van der Waals surface area contributed by atoms with Gasteiger partial charge in [-0.1, -0.05) is 59.6 Å². The molecule has 0 aliphatic carbocycles. The summed E-state index contributed by atoms with van der Waals surface area (Å²) in [6, 6.07) is 16.3. The maximum atomic E-state index is 12.2. The Morgan fingerprint density at radius 2 is 1.85 bits per heavy atom. The summed E-state index contributed by atoms with van der Waals surface area (Å²) in [6.45, 7) is 5.32. The molecule has 0 N–H and O–H groups in total. The van der Waals surface area contributed by atoms with Gasteiger partial charge in [-0.3, -0.25) is 9.69 Å². The Hall–Kier alpha value is -1.55. The number of likely N-dealkylation sites (tertiary alicyclic amines) is 2. The molecule has 2 fully saturated rings. The minimum atomic E-state index is 0.167. The highest BCUT2D eigenvalue weighted by atomic mass is 35.5. The summed E-state index contributed by atoms with van der Waals surface area (Å²) >= 11 is 12.4. The second-order valence-electron chi connectivity index (χ2n) is 7.38. The van der Waals surface area contributed by atoms with Crippen LogP contribution in [0.25, 0.3) is 0 Å². The van der Waals surface area contributed by atoms with Gasteiger partial charge in [0.2, 0.25) is 5.91 Å². The molecule has 3 atom stereocenters. The second kappa shape index (κ2) is 7.22. The molecule has 2 aromatic carbocycles. The van der Waals surface area contributed by atoms with Crippen molar-refractivity contribution in [2.75, 3.05) is 19.6 Å². The average Bonchev–Trinajstić information content (AvgIpc) is 3.15. The molecule has 26 heavy (non-hydrogen) atoms. The number of hydrogen-bond acceptors (Lipinski definition) is 2. The molecule has 2 aliphatic heterocycles. The fraction of sp³-hybridized carbons (Fsp3) is 0.381. The van der Waals surface area contributed by atoms with Crippen molar-refractivity contribution in [1.82, 2.24) is 9.80 Å². The molecular formula is C21H22Cl2N2O. The van der Waals surface area contributed by atoms with Crippen molar-refractivity contribution >= 4 is 29.1 Å². The zero-order valence-electron chi connectivity index (χ0n) is 14.7. The van der Waals surface area contributed by atoms with Gasteiger partial charge in [0.15, 0.2) is 0 Å². The van der Waals surface area contributed by atoms with E-state index < -0.39 is 0 Å². The normalized spacial score (nSPS) is 25.5. The molecule has 2 saturated heterocycles. The Morgan fingerprint density at radius 3 is 2.54 bits per heavy atom. The fourth-order valence-electron chi connectivity index (χ4n) is 4.56. The van der Waals surface area contributed by atoms with Gasteiger partial charge in [-0.05, 0) is 29.2 Å². The van der Waals surface area contributed by atoms with Crippen LogP contribution < -0.4 is 0 Å². The molecule has 0 unspecified atom stereocenters. The highest BCUT2D eigenvalue weighted by Crippen LogP contribution is 2.45. The van der Waals surface area contributed by atoms with E-state index in [1.54, 1.807) is 13.0 Å². The minimum absolute atomic E-state index is 0.167. The van der Waals surface area contributed by atoms with Crippen molar-refractivity contribution in [3.63, 3.8) is 0 Å². The standard InChI is InChI=1S/C21H22Cl2N2O/c1-14(26)25-12-17-11-24(10-16-7-8-18(22)9-20(16)23)13-19(17)21(25)15-5-3-2-4-6-15/h2-9,17,19,21H,10-13H2,1H3/t17-,19-,21+/m1/s1. The number of hydrogen-bond donors (Lipinski definition) is 0. The Kier molecular flexibility index (Phi) is 4.96.